The Morgan fingerprint density at radius 1 is 1.33 bits per heavy atom. The van der Waals surface area contributed by atoms with Gasteiger partial charge in [0, 0.05) is 31.1 Å². The molecule has 0 spiro atoms. The molecule has 1 aliphatic rings. The number of carbonyl (C=O) groups excluding carboxylic acids is 1. The zero-order valence-electron chi connectivity index (χ0n) is 14.0. The zero-order valence-corrected chi connectivity index (χ0v) is 14.8. The van der Waals surface area contributed by atoms with Crippen LogP contribution in [0.3, 0.4) is 0 Å². The summed E-state index contributed by atoms with van der Waals surface area (Å²) in [6, 6.07) is 5.59. The fourth-order valence-corrected chi connectivity index (χ4v) is 3.16. The molecule has 1 aromatic heterocycles. The molecule has 1 saturated heterocycles. The minimum absolute atomic E-state index is 0.0821. The van der Waals surface area contributed by atoms with E-state index in [1.165, 1.54) is 0 Å². The maximum atomic E-state index is 12.1. The van der Waals surface area contributed by atoms with E-state index in [2.05, 4.69) is 32.1 Å². The molecule has 2 N–H and O–H groups in total. The molecule has 1 fully saturated rings. The Hall–Kier alpha value is -1.63. The average molecular weight is 350 g/mol. The number of fused-ring (bicyclic) bond motifs is 1. The van der Waals surface area contributed by atoms with Gasteiger partial charge in [0.25, 0.3) is 0 Å². The second kappa shape index (κ2) is 7.96. The van der Waals surface area contributed by atoms with E-state index in [9.17, 15) is 4.79 Å². The lowest BCUT2D eigenvalue weighted by molar-refractivity contribution is -0.122. The van der Waals surface area contributed by atoms with Crippen LogP contribution in [0.2, 0.25) is 5.02 Å². The van der Waals surface area contributed by atoms with Crippen molar-refractivity contribution in [3.63, 3.8) is 0 Å². The van der Waals surface area contributed by atoms with Gasteiger partial charge in [0.2, 0.25) is 5.91 Å². The molecule has 2 heterocycles. The first-order valence-corrected chi connectivity index (χ1v) is 8.80. The second-order valence-electron chi connectivity index (χ2n) is 6.38. The number of hydrogen-bond acceptors (Lipinski definition) is 4. The number of carbonyl (C=O) groups is 1. The van der Waals surface area contributed by atoms with E-state index in [1.54, 1.807) is 0 Å². The van der Waals surface area contributed by atoms with Crippen molar-refractivity contribution in [3.05, 3.63) is 29.0 Å². The van der Waals surface area contributed by atoms with Gasteiger partial charge in [-0.1, -0.05) is 11.6 Å². The van der Waals surface area contributed by atoms with Gasteiger partial charge in [-0.2, -0.15) is 0 Å². The van der Waals surface area contributed by atoms with Crippen LogP contribution < -0.4 is 5.32 Å². The molecule has 6 nitrogen and oxygen atoms in total. The molecule has 1 aliphatic heterocycles. The summed E-state index contributed by atoms with van der Waals surface area (Å²) in [7, 11) is 2.13. The molecule has 130 valence electrons. The molecule has 1 amide bonds. The van der Waals surface area contributed by atoms with Gasteiger partial charge in [-0.15, -0.1) is 0 Å². The highest BCUT2D eigenvalue weighted by Crippen LogP contribution is 2.17. The molecule has 7 heteroatoms. The summed E-state index contributed by atoms with van der Waals surface area (Å²) in [6.45, 7) is 5.13. The summed E-state index contributed by atoms with van der Waals surface area (Å²) in [6.07, 6.45) is 1.80. The lowest BCUT2D eigenvalue weighted by Crippen LogP contribution is -2.39. The van der Waals surface area contributed by atoms with Gasteiger partial charge in [-0.3, -0.25) is 9.69 Å². The largest absolute Gasteiger partial charge is 0.355 e. The molecule has 0 saturated carbocycles. The van der Waals surface area contributed by atoms with E-state index in [4.69, 9.17) is 11.6 Å². The molecule has 0 bridgehead atoms. The van der Waals surface area contributed by atoms with Gasteiger partial charge in [-0.05, 0) is 44.8 Å². The molecule has 0 unspecified atom stereocenters. The number of nitrogens with zero attached hydrogens (tertiary/aromatic N) is 3. The first-order valence-electron chi connectivity index (χ1n) is 8.42. The zero-order chi connectivity index (χ0) is 16.9. The van der Waals surface area contributed by atoms with Gasteiger partial charge >= 0.3 is 0 Å². The molecule has 0 aliphatic carbocycles. The summed E-state index contributed by atoms with van der Waals surface area (Å²) >= 11 is 5.97. The number of rotatable bonds is 5. The number of aromatic nitrogens is 2. The van der Waals surface area contributed by atoms with Crippen LogP contribution in [0, 0.1) is 0 Å². The standard InChI is InChI=1S/C17H24ClN5O/c1-22-7-2-8-23(10-9-22)12-17(24)19-6-5-16-20-14-4-3-13(18)11-15(14)21-16/h3-4,11H,2,5-10,12H2,1H3,(H,19,24)(H,20,21). The van der Waals surface area contributed by atoms with Crippen LogP contribution in [0.15, 0.2) is 18.2 Å². The number of imidazole rings is 1. The molecule has 2 aromatic rings. The second-order valence-corrected chi connectivity index (χ2v) is 6.81. The van der Waals surface area contributed by atoms with Gasteiger partial charge in [0.15, 0.2) is 0 Å². The SMILES string of the molecule is CN1CCCN(CC(=O)NCCc2nc3ccc(Cl)cc3[nH]2)CC1. The summed E-state index contributed by atoms with van der Waals surface area (Å²) in [5, 5.41) is 3.67. The molecule has 0 radical (unpaired) electrons. The minimum Gasteiger partial charge on any atom is -0.355 e. The average Bonchev–Trinajstić information content (AvgIpc) is 2.82. The number of hydrogen-bond donors (Lipinski definition) is 2. The third kappa shape index (κ3) is 4.69. The highest BCUT2D eigenvalue weighted by molar-refractivity contribution is 6.31. The van der Waals surface area contributed by atoms with Crippen molar-refractivity contribution in [1.82, 2.24) is 25.1 Å². The molecular formula is C17H24ClN5O. The quantitative estimate of drug-likeness (QED) is 0.859. The fraction of sp³-hybridized carbons (Fsp3) is 0.529. The number of H-pyrrole nitrogens is 1. The van der Waals surface area contributed by atoms with Crippen LogP contribution in [0.5, 0.6) is 0 Å². The molecule has 3 rings (SSSR count). The predicted molar refractivity (Wildman–Crippen MR) is 96.4 cm³/mol. The smallest absolute Gasteiger partial charge is 0.234 e. The van der Waals surface area contributed by atoms with E-state index < -0.39 is 0 Å². The number of amides is 1. The number of benzene rings is 1. The highest BCUT2D eigenvalue weighted by Gasteiger charge is 2.14. The van der Waals surface area contributed by atoms with E-state index in [0.29, 0.717) is 24.5 Å². The Bertz CT molecular complexity index is 701. The van der Waals surface area contributed by atoms with Crippen LogP contribution in [-0.2, 0) is 11.2 Å². The Morgan fingerprint density at radius 2 is 2.21 bits per heavy atom. The summed E-state index contributed by atoms with van der Waals surface area (Å²) < 4.78 is 0. The van der Waals surface area contributed by atoms with Crippen molar-refractivity contribution < 1.29 is 4.79 Å². The normalized spacial score (nSPS) is 17.1. The summed E-state index contributed by atoms with van der Waals surface area (Å²) in [5.41, 5.74) is 1.83. The number of halogens is 1. The van der Waals surface area contributed by atoms with Crippen LogP contribution in [0.1, 0.15) is 12.2 Å². The number of nitrogens with one attached hydrogen (secondary N) is 2. The number of aromatic amines is 1. The van der Waals surface area contributed by atoms with Crippen molar-refractivity contribution in [2.24, 2.45) is 0 Å². The summed E-state index contributed by atoms with van der Waals surface area (Å²) in [4.78, 5) is 24.4. The lowest BCUT2D eigenvalue weighted by atomic mass is 10.3. The molecular weight excluding hydrogens is 326 g/mol. The Balaban J connectivity index is 1.44. The third-order valence-corrected chi connectivity index (χ3v) is 4.59. The minimum atomic E-state index is 0.0821. The topological polar surface area (TPSA) is 64.3 Å². The Morgan fingerprint density at radius 3 is 3.08 bits per heavy atom. The van der Waals surface area contributed by atoms with Gasteiger partial charge < -0.3 is 15.2 Å². The molecule has 0 atom stereocenters. The van der Waals surface area contributed by atoms with Crippen molar-refractivity contribution in [2.75, 3.05) is 46.3 Å². The van der Waals surface area contributed by atoms with Gasteiger partial charge in [0.05, 0.1) is 17.6 Å². The van der Waals surface area contributed by atoms with Gasteiger partial charge in [0.1, 0.15) is 5.82 Å². The lowest BCUT2D eigenvalue weighted by Gasteiger charge is -2.19. The van der Waals surface area contributed by atoms with Crippen LogP contribution >= 0.6 is 11.6 Å². The number of likely N-dealkylation sites (N-methyl/N-ethyl adjacent to an activating group) is 1. The third-order valence-electron chi connectivity index (χ3n) is 4.36. The Kier molecular flexibility index (Phi) is 5.71. The summed E-state index contributed by atoms with van der Waals surface area (Å²) in [5.74, 6) is 0.947. The van der Waals surface area contributed by atoms with Crippen molar-refractivity contribution in [1.29, 1.82) is 0 Å². The van der Waals surface area contributed by atoms with Crippen molar-refractivity contribution in [2.45, 2.75) is 12.8 Å². The fourth-order valence-electron chi connectivity index (χ4n) is 2.99. The van der Waals surface area contributed by atoms with E-state index >= 15 is 0 Å². The van der Waals surface area contributed by atoms with Crippen molar-refractivity contribution >= 4 is 28.5 Å². The Labute approximate surface area is 147 Å². The van der Waals surface area contributed by atoms with E-state index in [0.717, 1.165) is 49.5 Å². The monoisotopic (exact) mass is 349 g/mol. The first-order chi connectivity index (χ1) is 11.6. The predicted octanol–water partition coefficient (Wildman–Crippen LogP) is 1.51. The van der Waals surface area contributed by atoms with E-state index in [1.807, 2.05) is 18.2 Å². The van der Waals surface area contributed by atoms with Crippen LogP contribution in [0.25, 0.3) is 11.0 Å². The van der Waals surface area contributed by atoms with Gasteiger partial charge in [-0.25, -0.2) is 4.98 Å². The highest BCUT2D eigenvalue weighted by atomic mass is 35.5. The van der Waals surface area contributed by atoms with Crippen LogP contribution in [-0.4, -0.2) is 72.0 Å². The maximum Gasteiger partial charge on any atom is 0.234 e. The van der Waals surface area contributed by atoms with E-state index in [-0.39, 0.29) is 5.91 Å². The van der Waals surface area contributed by atoms with Crippen molar-refractivity contribution in [3.8, 4) is 0 Å². The molecule has 24 heavy (non-hydrogen) atoms. The molecule has 1 aromatic carbocycles. The van der Waals surface area contributed by atoms with Crippen LogP contribution in [0.4, 0.5) is 0 Å². The first kappa shape index (κ1) is 17.2. The maximum absolute atomic E-state index is 12.1.